The summed E-state index contributed by atoms with van der Waals surface area (Å²) in [6.07, 6.45) is 0. The van der Waals surface area contributed by atoms with E-state index < -0.39 is 0 Å². The molecule has 0 saturated heterocycles. The van der Waals surface area contributed by atoms with Crippen LogP contribution >= 0.6 is 34.5 Å². The average molecular weight is 302 g/mol. The first kappa shape index (κ1) is 13.8. The predicted octanol–water partition coefficient (Wildman–Crippen LogP) is 3.88. The van der Waals surface area contributed by atoms with Crippen molar-refractivity contribution >= 4 is 34.5 Å². The smallest absolute Gasteiger partial charge is 0.0626 e. The third-order valence-electron chi connectivity index (χ3n) is 2.63. The molecule has 1 heterocycles. The van der Waals surface area contributed by atoms with Gasteiger partial charge in [-0.25, -0.2) is 0 Å². The van der Waals surface area contributed by atoms with Gasteiger partial charge in [0.2, 0.25) is 0 Å². The summed E-state index contributed by atoms with van der Waals surface area (Å²) in [7, 11) is 0. The fourth-order valence-corrected chi connectivity index (χ4v) is 2.62. The van der Waals surface area contributed by atoms with E-state index >= 15 is 0 Å². The molecule has 0 fully saturated rings. The second-order valence-electron chi connectivity index (χ2n) is 3.87. The molecule has 0 saturated carbocycles. The number of halogens is 2. The minimum absolute atomic E-state index is 0.0172. The predicted molar refractivity (Wildman–Crippen MR) is 77.4 cm³/mol. The second-order valence-corrected chi connectivity index (χ2v) is 5.72. The van der Waals surface area contributed by atoms with Crippen LogP contribution in [0.5, 0.6) is 0 Å². The molecule has 5 heteroatoms. The van der Waals surface area contributed by atoms with Gasteiger partial charge in [0, 0.05) is 11.4 Å². The maximum absolute atomic E-state index is 9.43. The van der Waals surface area contributed by atoms with Gasteiger partial charge in [0.05, 0.1) is 22.7 Å². The Balaban J connectivity index is 2.05. The van der Waals surface area contributed by atoms with E-state index in [0.717, 1.165) is 12.1 Å². The Morgan fingerprint density at radius 2 is 2.06 bits per heavy atom. The zero-order valence-corrected chi connectivity index (χ0v) is 11.9. The maximum atomic E-state index is 9.43. The summed E-state index contributed by atoms with van der Waals surface area (Å²) in [5.41, 5.74) is 0.934. The highest BCUT2D eigenvalue weighted by Gasteiger charge is 2.11. The van der Waals surface area contributed by atoms with Crippen molar-refractivity contribution in [2.45, 2.75) is 12.6 Å². The molecule has 1 aromatic carbocycles. The molecular weight excluding hydrogens is 289 g/mol. The SMILES string of the molecule is OCC(NCc1cccs1)c1ccc(Cl)c(Cl)c1. The van der Waals surface area contributed by atoms with Crippen LogP contribution in [0.15, 0.2) is 35.7 Å². The molecule has 2 aromatic rings. The van der Waals surface area contributed by atoms with Crippen molar-refractivity contribution in [2.75, 3.05) is 6.61 Å². The summed E-state index contributed by atoms with van der Waals surface area (Å²) >= 11 is 13.5. The molecule has 2 rings (SSSR count). The lowest BCUT2D eigenvalue weighted by atomic mass is 10.1. The number of aliphatic hydroxyl groups excluding tert-OH is 1. The first-order valence-electron chi connectivity index (χ1n) is 5.52. The fourth-order valence-electron chi connectivity index (χ4n) is 1.65. The maximum Gasteiger partial charge on any atom is 0.0626 e. The lowest BCUT2D eigenvalue weighted by Gasteiger charge is -2.16. The minimum Gasteiger partial charge on any atom is -0.394 e. The monoisotopic (exact) mass is 301 g/mol. The van der Waals surface area contributed by atoms with Gasteiger partial charge in [0.15, 0.2) is 0 Å². The van der Waals surface area contributed by atoms with Crippen LogP contribution in [0.3, 0.4) is 0 Å². The molecule has 96 valence electrons. The number of nitrogens with one attached hydrogen (secondary N) is 1. The Bertz CT molecular complexity index is 502. The number of hydrogen-bond acceptors (Lipinski definition) is 3. The molecule has 0 bridgehead atoms. The number of aliphatic hydroxyl groups is 1. The second kappa shape index (κ2) is 6.55. The van der Waals surface area contributed by atoms with Gasteiger partial charge in [-0.2, -0.15) is 0 Å². The van der Waals surface area contributed by atoms with E-state index in [2.05, 4.69) is 11.4 Å². The van der Waals surface area contributed by atoms with Gasteiger partial charge in [-0.1, -0.05) is 35.3 Å². The Morgan fingerprint density at radius 3 is 2.67 bits per heavy atom. The topological polar surface area (TPSA) is 32.3 Å². The summed E-state index contributed by atoms with van der Waals surface area (Å²) < 4.78 is 0. The molecular formula is C13H13Cl2NOS. The van der Waals surface area contributed by atoms with Crippen molar-refractivity contribution in [3.8, 4) is 0 Å². The van der Waals surface area contributed by atoms with Gasteiger partial charge >= 0.3 is 0 Å². The zero-order chi connectivity index (χ0) is 13.0. The molecule has 1 atom stereocenters. The van der Waals surface area contributed by atoms with Crippen LogP contribution in [-0.2, 0) is 6.54 Å². The van der Waals surface area contributed by atoms with Crippen LogP contribution < -0.4 is 5.32 Å². The molecule has 1 unspecified atom stereocenters. The Kier molecular flexibility index (Phi) is 5.03. The number of thiophene rings is 1. The van der Waals surface area contributed by atoms with E-state index in [1.165, 1.54) is 4.88 Å². The number of benzene rings is 1. The van der Waals surface area contributed by atoms with E-state index in [9.17, 15) is 5.11 Å². The first-order chi connectivity index (χ1) is 8.70. The Morgan fingerprint density at radius 1 is 1.22 bits per heavy atom. The highest BCUT2D eigenvalue weighted by atomic mass is 35.5. The van der Waals surface area contributed by atoms with Gasteiger partial charge < -0.3 is 10.4 Å². The molecule has 0 aliphatic rings. The average Bonchev–Trinajstić information content (AvgIpc) is 2.87. The van der Waals surface area contributed by atoms with Crippen LogP contribution in [0.25, 0.3) is 0 Å². The van der Waals surface area contributed by atoms with E-state index in [1.807, 2.05) is 17.5 Å². The largest absolute Gasteiger partial charge is 0.394 e. The number of rotatable bonds is 5. The summed E-state index contributed by atoms with van der Waals surface area (Å²) in [6.45, 7) is 0.743. The van der Waals surface area contributed by atoms with Crippen molar-refractivity contribution < 1.29 is 5.11 Å². The quantitative estimate of drug-likeness (QED) is 0.878. The van der Waals surface area contributed by atoms with Crippen LogP contribution in [0.1, 0.15) is 16.5 Å². The third kappa shape index (κ3) is 3.46. The van der Waals surface area contributed by atoms with E-state index in [0.29, 0.717) is 10.0 Å². The van der Waals surface area contributed by atoms with Crippen molar-refractivity contribution in [3.05, 3.63) is 56.2 Å². The molecule has 0 radical (unpaired) electrons. The standard InChI is InChI=1S/C13H13Cl2NOS/c14-11-4-3-9(6-12(11)15)13(8-17)16-7-10-2-1-5-18-10/h1-6,13,16-17H,7-8H2. The van der Waals surface area contributed by atoms with Gasteiger partial charge in [-0.05, 0) is 29.1 Å². The van der Waals surface area contributed by atoms with Gasteiger partial charge in [-0.15, -0.1) is 11.3 Å². The third-order valence-corrected chi connectivity index (χ3v) is 4.25. The van der Waals surface area contributed by atoms with E-state index in [-0.39, 0.29) is 12.6 Å². The van der Waals surface area contributed by atoms with Crippen LogP contribution in [-0.4, -0.2) is 11.7 Å². The summed E-state index contributed by atoms with van der Waals surface area (Å²) in [6, 6.07) is 9.33. The minimum atomic E-state index is -0.137. The lowest BCUT2D eigenvalue weighted by Crippen LogP contribution is -2.23. The van der Waals surface area contributed by atoms with Crippen molar-refractivity contribution in [3.63, 3.8) is 0 Å². The molecule has 2 N–H and O–H groups in total. The van der Waals surface area contributed by atoms with E-state index in [1.54, 1.807) is 23.5 Å². The van der Waals surface area contributed by atoms with Gasteiger partial charge in [0.1, 0.15) is 0 Å². The Labute approximate surface area is 120 Å². The molecule has 18 heavy (non-hydrogen) atoms. The molecule has 2 nitrogen and oxygen atoms in total. The molecule has 1 aromatic heterocycles. The van der Waals surface area contributed by atoms with Crippen molar-refractivity contribution in [1.29, 1.82) is 0 Å². The number of hydrogen-bond donors (Lipinski definition) is 2. The highest BCUT2D eigenvalue weighted by Crippen LogP contribution is 2.25. The summed E-state index contributed by atoms with van der Waals surface area (Å²) in [5, 5.41) is 15.8. The van der Waals surface area contributed by atoms with Gasteiger partial charge in [-0.3, -0.25) is 0 Å². The lowest BCUT2D eigenvalue weighted by molar-refractivity contribution is 0.244. The molecule has 0 aliphatic heterocycles. The van der Waals surface area contributed by atoms with Gasteiger partial charge in [0.25, 0.3) is 0 Å². The molecule has 0 amide bonds. The Hall–Kier alpha value is -0.580. The van der Waals surface area contributed by atoms with Crippen molar-refractivity contribution in [2.24, 2.45) is 0 Å². The highest BCUT2D eigenvalue weighted by molar-refractivity contribution is 7.09. The zero-order valence-electron chi connectivity index (χ0n) is 9.57. The molecule has 0 spiro atoms. The van der Waals surface area contributed by atoms with Crippen LogP contribution in [0.4, 0.5) is 0 Å². The first-order valence-corrected chi connectivity index (χ1v) is 7.16. The molecule has 0 aliphatic carbocycles. The van der Waals surface area contributed by atoms with E-state index in [4.69, 9.17) is 23.2 Å². The van der Waals surface area contributed by atoms with Crippen molar-refractivity contribution in [1.82, 2.24) is 5.32 Å². The van der Waals surface area contributed by atoms with Crippen LogP contribution in [0, 0.1) is 0 Å². The summed E-state index contributed by atoms with van der Waals surface area (Å²) in [5.74, 6) is 0. The van der Waals surface area contributed by atoms with Crippen LogP contribution in [0.2, 0.25) is 10.0 Å². The normalized spacial score (nSPS) is 12.6. The fraction of sp³-hybridized carbons (Fsp3) is 0.231. The summed E-state index contributed by atoms with van der Waals surface area (Å²) in [4.78, 5) is 1.23.